The van der Waals surface area contributed by atoms with E-state index in [9.17, 15) is 13.2 Å². The number of hydrogen-bond acceptors (Lipinski definition) is 4. The largest absolute Gasteiger partial charge is 0.315 e. The van der Waals surface area contributed by atoms with Gasteiger partial charge in [0, 0.05) is 23.7 Å². The zero-order chi connectivity index (χ0) is 17.0. The first-order valence-corrected chi connectivity index (χ1v) is 9.48. The molecule has 0 aliphatic carbocycles. The summed E-state index contributed by atoms with van der Waals surface area (Å²) in [7, 11) is -3.75. The van der Waals surface area contributed by atoms with Crippen molar-refractivity contribution in [3.05, 3.63) is 65.7 Å². The molecule has 2 N–H and O–H groups in total. The lowest BCUT2D eigenvalue weighted by Gasteiger charge is -2.24. The van der Waals surface area contributed by atoms with E-state index >= 15 is 0 Å². The number of nitrogens with one attached hydrogen (secondary N) is 2. The van der Waals surface area contributed by atoms with Crippen LogP contribution in [0.3, 0.4) is 0 Å². The molecular formula is C18H21ClN2O3S. The molecule has 1 aliphatic rings. The van der Waals surface area contributed by atoms with Gasteiger partial charge in [0.25, 0.3) is 0 Å². The van der Waals surface area contributed by atoms with Gasteiger partial charge in [-0.3, -0.25) is 4.79 Å². The van der Waals surface area contributed by atoms with Crippen molar-refractivity contribution in [2.45, 2.75) is 23.8 Å². The molecule has 3 rings (SSSR count). The molecule has 1 saturated heterocycles. The predicted octanol–water partition coefficient (Wildman–Crippen LogP) is 2.37. The van der Waals surface area contributed by atoms with Crippen LogP contribution in [0.5, 0.6) is 0 Å². The first-order valence-electron chi connectivity index (χ1n) is 8.00. The van der Waals surface area contributed by atoms with E-state index in [1.165, 1.54) is 6.07 Å². The zero-order valence-corrected chi connectivity index (χ0v) is 15.3. The van der Waals surface area contributed by atoms with Crippen LogP contribution in [-0.4, -0.2) is 33.3 Å². The lowest BCUT2D eigenvalue weighted by Crippen LogP contribution is -2.45. The fraction of sp³-hybridized carbons (Fsp3) is 0.278. The van der Waals surface area contributed by atoms with Crippen molar-refractivity contribution >= 4 is 28.2 Å². The van der Waals surface area contributed by atoms with Crippen molar-refractivity contribution in [2.24, 2.45) is 0 Å². The third-order valence-electron chi connectivity index (χ3n) is 4.08. The van der Waals surface area contributed by atoms with Gasteiger partial charge in [-0.2, -0.15) is 0 Å². The molecule has 2 aromatic rings. The maximum Gasteiger partial charge on any atom is 0.241 e. The van der Waals surface area contributed by atoms with Gasteiger partial charge in [-0.25, -0.2) is 13.1 Å². The van der Waals surface area contributed by atoms with Gasteiger partial charge in [0.15, 0.2) is 5.78 Å². The van der Waals surface area contributed by atoms with Crippen LogP contribution in [0.1, 0.15) is 28.8 Å². The summed E-state index contributed by atoms with van der Waals surface area (Å²) in [5.41, 5.74) is 0.666. The second-order valence-corrected chi connectivity index (χ2v) is 7.54. The molecule has 0 amide bonds. The van der Waals surface area contributed by atoms with Crippen LogP contribution in [0.4, 0.5) is 0 Å². The smallest absolute Gasteiger partial charge is 0.241 e. The van der Waals surface area contributed by atoms with Gasteiger partial charge in [0.1, 0.15) is 0 Å². The average Bonchev–Trinajstić information content (AvgIpc) is 2.62. The first-order chi connectivity index (χ1) is 11.6. The van der Waals surface area contributed by atoms with Gasteiger partial charge in [0.2, 0.25) is 10.0 Å². The highest BCUT2D eigenvalue weighted by atomic mass is 35.5. The van der Waals surface area contributed by atoms with Crippen LogP contribution in [0, 0.1) is 0 Å². The quantitative estimate of drug-likeness (QED) is 0.781. The molecule has 0 radical (unpaired) electrons. The van der Waals surface area contributed by atoms with Crippen LogP contribution >= 0.6 is 12.4 Å². The van der Waals surface area contributed by atoms with E-state index in [0.29, 0.717) is 12.1 Å². The van der Waals surface area contributed by atoms with E-state index in [1.54, 1.807) is 42.5 Å². The van der Waals surface area contributed by atoms with Crippen molar-refractivity contribution in [1.82, 2.24) is 10.0 Å². The topological polar surface area (TPSA) is 75.3 Å². The molecule has 1 fully saturated rings. The molecular weight excluding hydrogens is 360 g/mol. The highest BCUT2D eigenvalue weighted by Gasteiger charge is 2.26. The number of rotatable bonds is 5. The number of benzene rings is 2. The predicted molar refractivity (Wildman–Crippen MR) is 99.8 cm³/mol. The van der Waals surface area contributed by atoms with E-state index < -0.39 is 10.0 Å². The first kappa shape index (κ1) is 19.6. The summed E-state index contributed by atoms with van der Waals surface area (Å²) >= 11 is 0. The summed E-state index contributed by atoms with van der Waals surface area (Å²) in [6.45, 7) is 1.51. The molecule has 5 nitrogen and oxygen atoms in total. The average molecular weight is 381 g/mol. The minimum absolute atomic E-state index is 0. The number of carbonyl (C=O) groups is 1. The maximum absolute atomic E-state index is 12.8. The van der Waals surface area contributed by atoms with Gasteiger partial charge in [-0.15, -0.1) is 12.4 Å². The van der Waals surface area contributed by atoms with E-state index in [1.807, 2.05) is 6.07 Å². The summed E-state index contributed by atoms with van der Waals surface area (Å²) in [5, 5.41) is 3.18. The summed E-state index contributed by atoms with van der Waals surface area (Å²) in [6, 6.07) is 14.9. The Morgan fingerprint density at radius 1 is 1.04 bits per heavy atom. The Hall–Kier alpha value is -1.73. The van der Waals surface area contributed by atoms with E-state index in [-0.39, 0.29) is 34.7 Å². The Bertz CT molecular complexity index is 819. The maximum atomic E-state index is 12.8. The molecule has 25 heavy (non-hydrogen) atoms. The molecule has 134 valence electrons. The minimum Gasteiger partial charge on any atom is -0.315 e. The monoisotopic (exact) mass is 380 g/mol. The third kappa shape index (κ3) is 4.67. The normalized spacial score (nSPS) is 17.5. The summed E-state index contributed by atoms with van der Waals surface area (Å²) in [4.78, 5) is 12.7. The Morgan fingerprint density at radius 3 is 2.40 bits per heavy atom. The molecule has 2 aromatic carbocycles. The van der Waals surface area contributed by atoms with Gasteiger partial charge in [-0.1, -0.05) is 42.5 Å². The molecule has 0 spiro atoms. The van der Waals surface area contributed by atoms with Gasteiger partial charge >= 0.3 is 0 Å². The highest BCUT2D eigenvalue weighted by Crippen LogP contribution is 2.20. The van der Waals surface area contributed by atoms with Crippen molar-refractivity contribution in [2.75, 3.05) is 13.1 Å². The van der Waals surface area contributed by atoms with E-state index in [2.05, 4.69) is 10.0 Å². The van der Waals surface area contributed by atoms with Crippen LogP contribution in [0.2, 0.25) is 0 Å². The lowest BCUT2D eigenvalue weighted by atomic mass is 10.0. The fourth-order valence-corrected chi connectivity index (χ4v) is 4.34. The molecule has 1 aliphatic heterocycles. The molecule has 0 aromatic heterocycles. The van der Waals surface area contributed by atoms with Gasteiger partial charge in [-0.05, 0) is 31.5 Å². The number of ketones is 1. The fourth-order valence-electron chi connectivity index (χ4n) is 2.87. The summed E-state index contributed by atoms with van der Waals surface area (Å²) in [5.74, 6) is -0.293. The Morgan fingerprint density at radius 2 is 1.72 bits per heavy atom. The minimum atomic E-state index is -3.75. The standard InChI is InChI=1S/C18H20N2O3S.ClH/c21-18(14-7-2-1-3-8-14)16-10-4-5-11-17(16)24(22,23)20-15-9-6-12-19-13-15;/h1-5,7-8,10-11,15,19-20H,6,9,12-13H2;1H/t15-;/m1./s1. The lowest BCUT2D eigenvalue weighted by molar-refractivity contribution is 0.103. The summed E-state index contributed by atoms with van der Waals surface area (Å²) < 4.78 is 28.2. The zero-order valence-electron chi connectivity index (χ0n) is 13.6. The second-order valence-electron chi connectivity index (χ2n) is 5.86. The van der Waals surface area contributed by atoms with E-state index in [4.69, 9.17) is 0 Å². The number of hydrogen-bond donors (Lipinski definition) is 2. The number of sulfonamides is 1. The van der Waals surface area contributed by atoms with Crippen LogP contribution < -0.4 is 10.0 Å². The number of halogens is 1. The molecule has 1 atom stereocenters. The Kier molecular flexibility index (Phi) is 6.72. The summed E-state index contributed by atoms with van der Waals surface area (Å²) in [6.07, 6.45) is 1.72. The van der Waals surface area contributed by atoms with Crippen molar-refractivity contribution in [3.63, 3.8) is 0 Å². The molecule has 0 bridgehead atoms. The SMILES string of the molecule is Cl.O=C(c1ccccc1)c1ccccc1S(=O)(=O)N[C@@H]1CCCNC1. The second kappa shape index (κ2) is 8.58. The van der Waals surface area contributed by atoms with Gasteiger partial charge < -0.3 is 5.32 Å². The van der Waals surface area contributed by atoms with Crippen LogP contribution in [-0.2, 0) is 10.0 Å². The molecule has 0 saturated carbocycles. The van der Waals surface area contributed by atoms with Crippen molar-refractivity contribution in [3.8, 4) is 0 Å². The number of piperidine rings is 1. The Labute approximate surface area is 154 Å². The van der Waals surface area contributed by atoms with Crippen LogP contribution in [0.25, 0.3) is 0 Å². The Balaban J connectivity index is 0.00000225. The van der Waals surface area contributed by atoms with Crippen molar-refractivity contribution < 1.29 is 13.2 Å². The number of carbonyl (C=O) groups excluding carboxylic acids is 1. The van der Waals surface area contributed by atoms with Crippen molar-refractivity contribution in [1.29, 1.82) is 0 Å². The molecule has 0 unspecified atom stereocenters. The highest BCUT2D eigenvalue weighted by molar-refractivity contribution is 7.89. The van der Waals surface area contributed by atoms with Gasteiger partial charge in [0.05, 0.1) is 4.90 Å². The van der Waals surface area contributed by atoms with Crippen LogP contribution in [0.15, 0.2) is 59.5 Å². The third-order valence-corrected chi connectivity index (χ3v) is 5.65. The molecule has 7 heteroatoms. The molecule has 1 heterocycles. The van der Waals surface area contributed by atoms with E-state index in [0.717, 1.165) is 19.4 Å².